The Hall–Kier alpha value is -2.62. The zero-order valence-corrected chi connectivity index (χ0v) is 20.5. The summed E-state index contributed by atoms with van der Waals surface area (Å²) in [4.78, 5) is 28.6. The molecule has 0 unspecified atom stereocenters. The normalized spacial score (nSPS) is 11.5. The lowest BCUT2D eigenvalue weighted by atomic mass is 10.2. The lowest BCUT2D eigenvalue weighted by molar-refractivity contribution is -0.192. The number of likely N-dealkylation sites (N-methyl/N-ethyl adjacent to an activating group) is 2. The molecule has 0 fully saturated rings. The van der Waals surface area contributed by atoms with Crippen LogP contribution in [0.2, 0.25) is 4.34 Å². The molecule has 0 saturated heterocycles. The summed E-state index contributed by atoms with van der Waals surface area (Å²) in [7, 11) is -0.0148. The van der Waals surface area contributed by atoms with E-state index in [1.165, 1.54) is 24.4 Å². The van der Waals surface area contributed by atoms with Gasteiger partial charge in [-0.1, -0.05) is 11.6 Å². The molecule has 10 nitrogen and oxygen atoms in total. The molecule has 0 atom stereocenters. The van der Waals surface area contributed by atoms with Crippen molar-refractivity contribution in [3.8, 4) is 0 Å². The van der Waals surface area contributed by atoms with Gasteiger partial charge < -0.3 is 20.0 Å². The van der Waals surface area contributed by atoms with Gasteiger partial charge in [0.2, 0.25) is 0 Å². The summed E-state index contributed by atoms with van der Waals surface area (Å²) in [6.07, 6.45) is -3.77. The molecule has 16 heteroatoms. The maximum Gasteiger partial charge on any atom is 0.490 e. The van der Waals surface area contributed by atoms with Gasteiger partial charge in [0.25, 0.3) is 10.0 Å². The first-order valence-electron chi connectivity index (χ1n) is 9.29. The molecule has 0 aliphatic rings. The number of anilines is 2. The van der Waals surface area contributed by atoms with Crippen molar-refractivity contribution >= 4 is 56.4 Å². The number of aliphatic carboxylic acids is 1. The van der Waals surface area contributed by atoms with Crippen LogP contribution in [0.5, 0.6) is 0 Å². The highest BCUT2D eigenvalue weighted by molar-refractivity contribution is 7.94. The summed E-state index contributed by atoms with van der Waals surface area (Å²) in [6, 6.07) is 4.14. The molecule has 2 aromatic rings. The number of carboxylic acids is 2. The molecule has 2 aromatic heterocycles. The minimum Gasteiger partial charge on any atom is -0.478 e. The third-order valence-corrected chi connectivity index (χ3v) is 7.01. The van der Waals surface area contributed by atoms with Gasteiger partial charge in [-0.15, -0.1) is 11.3 Å². The molecule has 3 N–H and O–H groups in total. The predicted molar refractivity (Wildman–Crippen MR) is 121 cm³/mol. The van der Waals surface area contributed by atoms with Crippen molar-refractivity contribution in [1.29, 1.82) is 0 Å². The first-order chi connectivity index (χ1) is 15.6. The van der Waals surface area contributed by atoms with Gasteiger partial charge in [-0.25, -0.2) is 23.0 Å². The number of thiophene rings is 1. The van der Waals surface area contributed by atoms with Crippen LogP contribution in [0.25, 0.3) is 0 Å². The van der Waals surface area contributed by atoms with E-state index < -0.39 is 28.1 Å². The highest BCUT2D eigenvalue weighted by Gasteiger charge is 2.38. The average molecular weight is 547 g/mol. The van der Waals surface area contributed by atoms with Crippen molar-refractivity contribution in [2.24, 2.45) is 0 Å². The van der Waals surface area contributed by atoms with E-state index in [9.17, 15) is 31.5 Å². The number of rotatable bonds is 9. The fourth-order valence-electron chi connectivity index (χ4n) is 2.30. The molecule has 190 valence electrons. The van der Waals surface area contributed by atoms with Crippen LogP contribution in [-0.2, 0) is 14.8 Å². The molecule has 2 rings (SSSR count). The highest BCUT2D eigenvalue weighted by Crippen LogP contribution is 2.28. The number of hydrogen-bond donors (Lipinski definition) is 3. The monoisotopic (exact) mass is 546 g/mol. The van der Waals surface area contributed by atoms with Crippen LogP contribution >= 0.6 is 22.9 Å². The Labute approximate surface area is 202 Å². The van der Waals surface area contributed by atoms with E-state index in [2.05, 4.69) is 9.71 Å². The quantitative estimate of drug-likeness (QED) is 0.432. The molecule has 0 spiro atoms. The number of nitrogens with one attached hydrogen (secondary N) is 1. The van der Waals surface area contributed by atoms with Crippen molar-refractivity contribution in [3.05, 3.63) is 34.3 Å². The standard InChI is InChI=1S/C16H21ClN4O4S2.C2HF3O2/c1-4-21(8-7-20(2)3)15-12(16(22)23)9-11(10-18-15)19-27(24,25)14-6-5-13(17)26-14;3-2(4,5)1(6)7/h5-6,9-10,19H,4,7-8H2,1-3H3,(H,22,23);(H,6,7). The number of aromatic carboxylic acids is 1. The van der Waals surface area contributed by atoms with Crippen molar-refractivity contribution in [3.63, 3.8) is 0 Å². The first kappa shape index (κ1) is 29.4. The summed E-state index contributed by atoms with van der Waals surface area (Å²) in [5, 5.41) is 16.7. The van der Waals surface area contributed by atoms with Gasteiger partial charge >= 0.3 is 18.1 Å². The third-order valence-electron chi connectivity index (χ3n) is 3.90. The second-order valence-electron chi connectivity index (χ2n) is 6.75. The van der Waals surface area contributed by atoms with Crippen molar-refractivity contribution < 1.29 is 41.4 Å². The van der Waals surface area contributed by atoms with Crippen molar-refractivity contribution in [1.82, 2.24) is 9.88 Å². The van der Waals surface area contributed by atoms with Crippen LogP contribution in [0.3, 0.4) is 0 Å². The number of alkyl halides is 3. The van der Waals surface area contributed by atoms with Gasteiger partial charge in [-0.3, -0.25) is 4.72 Å². The van der Waals surface area contributed by atoms with Crippen LogP contribution in [0.1, 0.15) is 17.3 Å². The molecule has 0 aromatic carbocycles. The minimum atomic E-state index is -5.08. The van der Waals surface area contributed by atoms with Crippen molar-refractivity contribution in [2.75, 3.05) is 43.4 Å². The third kappa shape index (κ3) is 8.96. The molecule has 2 heterocycles. The van der Waals surface area contributed by atoms with Crippen LogP contribution < -0.4 is 9.62 Å². The van der Waals surface area contributed by atoms with Gasteiger partial charge in [0, 0.05) is 19.6 Å². The smallest absolute Gasteiger partial charge is 0.478 e. The summed E-state index contributed by atoms with van der Waals surface area (Å²) in [5.41, 5.74) is 0.00403. The SMILES string of the molecule is CCN(CCN(C)C)c1ncc(NS(=O)(=O)c2ccc(Cl)s2)cc1C(=O)O.O=C(O)C(F)(F)F. The lowest BCUT2D eigenvalue weighted by Crippen LogP contribution is -2.33. The molecule has 0 radical (unpaired) electrons. The number of carboxylic acid groups (broad SMARTS) is 2. The number of carbonyl (C=O) groups is 2. The average Bonchev–Trinajstić information content (AvgIpc) is 3.15. The zero-order chi connectivity index (χ0) is 26.3. The van der Waals surface area contributed by atoms with Gasteiger partial charge in [0.05, 0.1) is 16.2 Å². The molecule has 0 amide bonds. The number of nitrogens with zero attached hydrogens (tertiary/aromatic N) is 3. The van der Waals surface area contributed by atoms with Gasteiger partial charge in [0.1, 0.15) is 15.6 Å². The number of halogens is 4. The Morgan fingerprint density at radius 1 is 1.21 bits per heavy atom. The summed E-state index contributed by atoms with van der Waals surface area (Å²) in [5.74, 6) is -3.64. The second-order valence-corrected chi connectivity index (χ2v) is 10.4. The zero-order valence-electron chi connectivity index (χ0n) is 18.1. The number of aromatic nitrogens is 1. The van der Waals surface area contributed by atoms with Gasteiger partial charge in [-0.2, -0.15) is 13.2 Å². The summed E-state index contributed by atoms with van der Waals surface area (Å²) < 4.78 is 59.3. The molecule has 0 aliphatic heterocycles. The van der Waals surface area contributed by atoms with Crippen LogP contribution in [0, 0.1) is 0 Å². The highest BCUT2D eigenvalue weighted by atomic mass is 35.5. The molecular weight excluding hydrogens is 525 g/mol. The molecule has 0 saturated carbocycles. The molecule has 0 bridgehead atoms. The Bertz CT molecular complexity index is 1110. The van der Waals surface area contributed by atoms with Crippen LogP contribution in [0.15, 0.2) is 28.6 Å². The molecule has 34 heavy (non-hydrogen) atoms. The topological polar surface area (TPSA) is 140 Å². The van der Waals surface area contributed by atoms with E-state index in [4.69, 9.17) is 21.5 Å². The summed E-state index contributed by atoms with van der Waals surface area (Å²) in [6.45, 7) is 3.79. The van der Waals surface area contributed by atoms with E-state index in [-0.39, 0.29) is 15.5 Å². The van der Waals surface area contributed by atoms with E-state index in [0.29, 0.717) is 23.2 Å². The van der Waals surface area contributed by atoms with Crippen LogP contribution in [-0.4, -0.2) is 80.4 Å². The maximum atomic E-state index is 12.4. The Morgan fingerprint density at radius 3 is 2.21 bits per heavy atom. The second kappa shape index (κ2) is 12.2. The number of pyridine rings is 1. The lowest BCUT2D eigenvalue weighted by Gasteiger charge is -2.25. The van der Waals surface area contributed by atoms with Gasteiger partial charge in [-0.05, 0) is 39.2 Å². The largest absolute Gasteiger partial charge is 0.490 e. The Balaban J connectivity index is 0.000000718. The predicted octanol–water partition coefficient (Wildman–Crippen LogP) is 3.32. The van der Waals surface area contributed by atoms with Gasteiger partial charge in [0.15, 0.2) is 0 Å². The van der Waals surface area contributed by atoms with Crippen molar-refractivity contribution in [2.45, 2.75) is 17.3 Å². The molecular formula is C18H22ClF3N4O6S2. The number of hydrogen-bond acceptors (Lipinski definition) is 8. The van der Waals surface area contributed by atoms with E-state index in [1.807, 2.05) is 30.8 Å². The fourth-order valence-corrected chi connectivity index (χ4v) is 4.82. The maximum absolute atomic E-state index is 12.4. The fraction of sp³-hybridized carbons (Fsp3) is 0.389. The van der Waals surface area contributed by atoms with E-state index >= 15 is 0 Å². The summed E-state index contributed by atoms with van der Waals surface area (Å²) >= 11 is 6.70. The molecule has 0 aliphatic carbocycles. The Kier molecular flexibility index (Phi) is 10.5. The minimum absolute atomic E-state index is 0.0367. The van der Waals surface area contributed by atoms with Crippen LogP contribution in [0.4, 0.5) is 24.7 Å². The van der Waals surface area contributed by atoms with E-state index in [1.54, 1.807) is 0 Å². The Morgan fingerprint density at radius 2 is 1.79 bits per heavy atom. The first-order valence-corrected chi connectivity index (χ1v) is 12.0. The number of sulfonamides is 1. The van der Waals surface area contributed by atoms with E-state index in [0.717, 1.165) is 17.9 Å².